The van der Waals surface area contributed by atoms with E-state index in [2.05, 4.69) is 17.2 Å². The van der Waals surface area contributed by atoms with Crippen LogP contribution >= 0.6 is 11.6 Å². The molecule has 0 spiro atoms. The quantitative estimate of drug-likeness (QED) is 0.837. The van der Waals surface area contributed by atoms with Crippen LogP contribution in [0.4, 0.5) is 11.4 Å². The zero-order valence-electron chi connectivity index (χ0n) is 13.8. The Morgan fingerprint density at radius 2 is 2.09 bits per heavy atom. The number of unbranched alkanes of at least 4 members (excludes halogenated alkanes) is 1. The third kappa shape index (κ3) is 4.70. The molecule has 0 fully saturated rings. The molecule has 0 aliphatic carbocycles. The van der Waals surface area contributed by atoms with Crippen molar-refractivity contribution in [3.8, 4) is 0 Å². The molecule has 0 aliphatic heterocycles. The lowest BCUT2D eigenvalue weighted by molar-refractivity contribution is 0.0787. The van der Waals surface area contributed by atoms with Crippen molar-refractivity contribution in [2.24, 2.45) is 0 Å². The number of pyridine rings is 1. The van der Waals surface area contributed by atoms with Crippen LogP contribution < -0.4 is 5.32 Å². The number of amides is 1. The predicted octanol–water partition coefficient (Wildman–Crippen LogP) is 4.66. The molecule has 1 amide bonds. The number of aromatic nitrogens is 1. The van der Waals surface area contributed by atoms with Gasteiger partial charge in [-0.1, -0.05) is 31.0 Å². The van der Waals surface area contributed by atoms with Gasteiger partial charge in [0.15, 0.2) is 0 Å². The van der Waals surface area contributed by atoms with Gasteiger partial charge in [-0.15, -0.1) is 0 Å². The maximum absolute atomic E-state index is 12.4. The maximum Gasteiger partial charge on any atom is 0.272 e. The van der Waals surface area contributed by atoms with Crippen molar-refractivity contribution in [3.05, 3.63) is 52.8 Å². The number of carbonyl (C=O) groups excluding carboxylic acids is 1. The minimum atomic E-state index is -0.0649. The molecule has 4 nitrogen and oxygen atoms in total. The molecule has 0 unspecified atom stereocenters. The number of anilines is 2. The highest BCUT2D eigenvalue weighted by Crippen LogP contribution is 2.24. The van der Waals surface area contributed by atoms with Gasteiger partial charge in [-0.25, -0.2) is 0 Å². The fraction of sp³-hybridized carbons (Fsp3) is 0.333. The van der Waals surface area contributed by atoms with Gasteiger partial charge in [0.25, 0.3) is 5.91 Å². The molecule has 1 N–H and O–H groups in total. The number of benzene rings is 1. The molecular weight excluding hydrogens is 310 g/mol. The highest BCUT2D eigenvalue weighted by Gasteiger charge is 2.13. The molecule has 23 heavy (non-hydrogen) atoms. The number of hydrogen-bond donors (Lipinski definition) is 1. The largest absolute Gasteiger partial charge is 0.355 e. The Morgan fingerprint density at radius 3 is 2.83 bits per heavy atom. The summed E-state index contributed by atoms with van der Waals surface area (Å²) in [6.07, 6.45) is 3.69. The number of rotatable bonds is 6. The van der Waals surface area contributed by atoms with Crippen LogP contribution in [0.5, 0.6) is 0 Å². The summed E-state index contributed by atoms with van der Waals surface area (Å²) in [7, 11) is 1.81. The number of hydrogen-bond acceptors (Lipinski definition) is 3. The predicted molar refractivity (Wildman–Crippen MR) is 95.6 cm³/mol. The molecule has 1 heterocycles. The van der Waals surface area contributed by atoms with Crippen LogP contribution in [-0.4, -0.2) is 29.4 Å². The zero-order chi connectivity index (χ0) is 16.8. The second-order valence-electron chi connectivity index (χ2n) is 5.59. The van der Waals surface area contributed by atoms with Gasteiger partial charge in [-0.3, -0.25) is 9.78 Å². The Balaban J connectivity index is 2.16. The van der Waals surface area contributed by atoms with E-state index in [0.29, 0.717) is 10.7 Å². The van der Waals surface area contributed by atoms with E-state index in [1.54, 1.807) is 24.2 Å². The molecule has 0 radical (unpaired) electrons. The molecule has 5 heteroatoms. The van der Waals surface area contributed by atoms with Gasteiger partial charge in [-0.2, -0.15) is 0 Å². The van der Waals surface area contributed by atoms with Crippen LogP contribution in [0.15, 0.2) is 36.5 Å². The average Bonchev–Trinajstić information content (AvgIpc) is 2.55. The average molecular weight is 332 g/mol. The van der Waals surface area contributed by atoms with Crippen molar-refractivity contribution in [3.63, 3.8) is 0 Å². The first-order chi connectivity index (χ1) is 11.0. The highest BCUT2D eigenvalue weighted by molar-refractivity contribution is 6.30. The van der Waals surface area contributed by atoms with E-state index < -0.39 is 0 Å². The first-order valence-electron chi connectivity index (χ1n) is 7.76. The number of nitrogens with zero attached hydrogens (tertiary/aromatic N) is 2. The van der Waals surface area contributed by atoms with E-state index in [9.17, 15) is 4.79 Å². The van der Waals surface area contributed by atoms with E-state index in [1.165, 1.54) is 0 Å². The molecule has 0 saturated heterocycles. The number of carbonyl (C=O) groups is 1. The first-order valence-corrected chi connectivity index (χ1v) is 8.13. The summed E-state index contributed by atoms with van der Waals surface area (Å²) in [5, 5.41) is 3.96. The molecule has 1 aromatic carbocycles. The van der Waals surface area contributed by atoms with Crippen LogP contribution in [-0.2, 0) is 0 Å². The molecular formula is C18H22ClN3O. The smallest absolute Gasteiger partial charge is 0.272 e. The van der Waals surface area contributed by atoms with Gasteiger partial charge in [0.05, 0.1) is 0 Å². The highest BCUT2D eigenvalue weighted by atomic mass is 35.5. The SMILES string of the molecule is CCCCN(C)C(=O)c1cc(Nc2cc(Cl)ccc2C)ccn1. The third-order valence-corrected chi connectivity index (χ3v) is 3.89. The van der Waals surface area contributed by atoms with E-state index in [0.717, 1.165) is 36.3 Å². The van der Waals surface area contributed by atoms with Gasteiger partial charge >= 0.3 is 0 Å². The van der Waals surface area contributed by atoms with Gasteiger partial charge in [0.1, 0.15) is 5.69 Å². The Kier molecular flexibility index (Phi) is 5.99. The fourth-order valence-corrected chi connectivity index (χ4v) is 2.37. The normalized spacial score (nSPS) is 10.4. The van der Waals surface area contributed by atoms with E-state index in [1.807, 2.05) is 31.2 Å². The first kappa shape index (κ1) is 17.3. The summed E-state index contributed by atoms with van der Waals surface area (Å²) < 4.78 is 0. The lowest BCUT2D eigenvalue weighted by Crippen LogP contribution is -2.28. The van der Waals surface area contributed by atoms with E-state index in [-0.39, 0.29) is 5.91 Å². The third-order valence-electron chi connectivity index (χ3n) is 3.65. The zero-order valence-corrected chi connectivity index (χ0v) is 14.5. The van der Waals surface area contributed by atoms with Crippen molar-refractivity contribution < 1.29 is 4.79 Å². The Hall–Kier alpha value is -2.07. The number of nitrogens with one attached hydrogen (secondary N) is 1. The summed E-state index contributed by atoms with van der Waals surface area (Å²) in [5.74, 6) is -0.0649. The monoisotopic (exact) mass is 331 g/mol. The molecule has 1 aromatic heterocycles. The lowest BCUT2D eigenvalue weighted by atomic mass is 10.2. The minimum absolute atomic E-state index is 0.0649. The fourth-order valence-electron chi connectivity index (χ4n) is 2.20. The maximum atomic E-state index is 12.4. The van der Waals surface area contributed by atoms with E-state index in [4.69, 9.17) is 11.6 Å². The second-order valence-corrected chi connectivity index (χ2v) is 6.03. The van der Waals surface area contributed by atoms with Crippen molar-refractivity contribution in [1.29, 1.82) is 0 Å². The van der Waals surface area contributed by atoms with Crippen molar-refractivity contribution in [2.75, 3.05) is 18.9 Å². The van der Waals surface area contributed by atoms with Gasteiger partial charge < -0.3 is 10.2 Å². The molecule has 2 rings (SSSR count). The Morgan fingerprint density at radius 1 is 1.30 bits per heavy atom. The van der Waals surface area contributed by atoms with Gasteiger partial charge in [-0.05, 0) is 43.2 Å². The Labute approximate surface area is 142 Å². The molecule has 0 atom stereocenters. The van der Waals surface area contributed by atoms with Crippen molar-refractivity contribution >= 4 is 28.9 Å². The lowest BCUT2D eigenvalue weighted by Gasteiger charge is -2.17. The van der Waals surface area contributed by atoms with Crippen LogP contribution in [0.2, 0.25) is 5.02 Å². The van der Waals surface area contributed by atoms with Crippen LogP contribution in [0.3, 0.4) is 0 Å². The van der Waals surface area contributed by atoms with Gasteiger partial charge in [0.2, 0.25) is 0 Å². The molecule has 0 saturated carbocycles. The van der Waals surface area contributed by atoms with Gasteiger partial charge in [0, 0.05) is 36.2 Å². The summed E-state index contributed by atoms with van der Waals surface area (Å²) in [4.78, 5) is 18.3. The summed E-state index contributed by atoms with van der Waals surface area (Å²) >= 11 is 6.04. The molecule has 2 aromatic rings. The minimum Gasteiger partial charge on any atom is -0.355 e. The van der Waals surface area contributed by atoms with Crippen LogP contribution in [0.1, 0.15) is 35.8 Å². The number of aryl methyl sites for hydroxylation is 1. The second kappa shape index (κ2) is 7.97. The standard InChI is InChI=1S/C18H22ClN3O/c1-4-5-10-22(3)18(23)17-12-15(8-9-20-17)21-16-11-14(19)7-6-13(16)2/h6-9,11-12H,4-5,10H2,1-3H3,(H,20,21). The van der Waals surface area contributed by atoms with E-state index >= 15 is 0 Å². The summed E-state index contributed by atoms with van der Waals surface area (Å²) in [6, 6.07) is 9.28. The topological polar surface area (TPSA) is 45.2 Å². The molecule has 0 aliphatic rings. The van der Waals surface area contributed by atoms with Crippen LogP contribution in [0.25, 0.3) is 0 Å². The summed E-state index contributed by atoms with van der Waals surface area (Å²) in [5.41, 5.74) is 3.26. The molecule has 0 bridgehead atoms. The van der Waals surface area contributed by atoms with Crippen LogP contribution in [0, 0.1) is 6.92 Å². The van der Waals surface area contributed by atoms with Crippen molar-refractivity contribution in [2.45, 2.75) is 26.7 Å². The number of halogens is 1. The Bertz CT molecular complexity index is 688. The summed E-state index contributed by atoms with van der Waals surface area (Å²) in [6.45, 7) is 4.85. The van der Waals surface area contributed by atoms with Crippen molar-refractivity contribution in [1.82, 2.24) is 9.88 Å². The molecule has 122 valence electrons.